The van der Waals surface area contributed by atoms with E-state index in [1.807, 2.05) is 20.0 Å². The minimum Gasteiger partial charge on any atom is -0.278 e. The Morgan fingerprint density at radius 3 is 2.33 bits per heavy atom. The van der Waals surface area contributed by atoms with Gasteiger partial charge in [-0.1, -0.05) is 34.6 Å². The van der Waals surface area contributed by atoms with Gasteiger partial charge in [-0.3, -0.25) is 5.10 Å². The number of aryl methyl sites for hydroxylation is 2. The van der Waals surface area contributed by atoms with Gasteiger partial charge in [0.25, 0.3) is 0 Å². The third kappa shape index (κ3) is 3.00. The van der Waals surface area contributed by atoms with Crippen LogP contribution in [-0.4, -0.2) is 10.2 Å². The van der Waals surface area contributed by atoms with Crippen molar-refractivity contribution in [1.82, 2.24) is 10.2 Å². The molecule has 116 valence electrons. The third-order valence-electron chi connectivity index (χ3n) is 4.34. The van der Waals surface area contributed by atoms with Gasteiger partial charge in [0.15, 0.2) is 0 Å². The van der Waals surface area contributed by atoms with Crippen LogP contribution in [0.3, 0.4) is 0 Å². The normalized spacial score (nSPS) is 17.1. The molecule has 21 heavy (non-hydrogen) atoms. The molecule has 1 aromatic heterocycles. The van der Waals surface area contributed by atoms with E-state index in [2.05, 4.69) is 44.0 Å². The zero-order valence-electron chi connectivity index (χ0n) is 14.5. The average Bonchev–Trinajstić information content (AvgIpc) is 2.90. The fourth-order valence-corrected chi connectivity index (χ4v) is 3.41. The molecule has 0 radical (unpaired) electrons. The quantitative estimate of drug-likeness (QED) is 0.677. The predicted octanol–water partition coefficient (Wildman–Crippen LogP) is 5.54. The van der Waals surface area contributed by atoms with Gasteiger partial charge in [-0.15, -0.1) is 0 Å². The second-order valence-electron chi connectivity index (χ2n) is 6.88. The van der Waals surface area contributed by atoms with Gasteiger partial charge in [-0.05, 0) is 66.7 Å². The lowest BCUT2D eigenvalue weighted by Crippen LogP contribution is -2.02. The first-order valence-corrected chi connectivity index (χ1v) is 8.49. The molecular formula is C19H30N2. The summed E-state index contributed by atoms with van der Waals surface area (Å²) >= 11 is 0. The number of aromatic amines is 1. The Balaban J connectivity index is 0.000000237. The SMILES string of the molecule is CC.CC(C)C.Cc1c2c(cc3[nH]ncc13)CCC21CC1. The second kappa shape index (κ2) is 6.21. The first-order valence-electron chi connectivity index (χ1n) is 8.49. The van der Waals surface area contributed by atoms with Crippen LogP contribution in [0.1, 0.15) is 70.6 Å². The number of H-pyrrole nitrogens is 1. The largest absolute Gasteiger partial charge is 0.278 e. The Morgan fingerprint density at radius 2 is 1.76 bits per heavy atom. The van der Waals surface area contributed by atoms with Gasteiger partial charge >= 0.3 is 0 Å². The topological polar surface area (TPSA) is 28.7 Å². The Morgan fingerprint density at radius 1 is 1.14 bits per heavy atom. The third-order valence-corrected chi connectivity index (χ3v) is 4.34. The van der Waals surface area contributed by atoms with Crippen molar-refractivity contribution in [3.8, 4) is 0 Å². The van der Waals surface area contributed by atoms with Crippen LogP contribution in [0.2, 0.25) is 0 Å². The molecule has 1 spiro atoms. The van der Waals surface area contributed by atoms with Gasteiger partial charge in [0.05, 0.1) is 11.7 Å². The first-order chi connectivity index (χ1) is 10.0. The van der Waals surface area contributed by atoms with Crippen LogP contribution in [0.5, 0.6) is 0 Å². The fourth-order valence-electron chi connectivity index (χ4n) is 3.41. The molecule has 1 heterocycles. The van der Waals surface area contributed by atoms with Gasteiger partial charge in [-0.25, -0.2) is 0 Å². The lowest BCUT2D eigenvalue weighted by molar-refractivity contribution is 0.678. The molecule has 0 unspecified atom stereocenters. The van der Waals surface area contributed by atoms with E-state index in [0.717, 1.165) is 5.92 Å². The highest BCUT2D eigenvalue weighted by molar-refractivity contribution is 5.85. The Kier molecular flexibility index (Phi) is 4.75. The molecule has 2 nitrogen and oxygen atoms in total. The number of rotatable bonds is 0. The molecule has 1 N–H and O–H groups in total. The van der Waals surface area contributed by atoms with Crippen LogP contribution in [0.4, 0.5) is 0 Å². The van der Waals surface area contributed by atoms with E-state index in [1.54, 1.807) is 11.1 Å². The van der Waals surface area contributed by atoms with Gasteiger partial charge in [-0.2, -0.15) is 5.10 Å². The fraction of sp³-hybridized carbons (Fsp3) is 0.632. The highest BCUT2D eigenvalue weighted by Crippen LogP contribution is 2.58. The highest BCUT2D eigenvalue weighted by Gasteiger charge is 2.49. The Labute approximate surface area is 129 Å². The zero-order chi connectivity index (χ0) is 15.6. The van der Waals surface area contributed by atoms with Crippen LogP contribution in [0.15, 0.2) is 12.3 Å². The van der Waals surface area contributed by atoms with Crippen molar-refractivity contribution in [2.24, 2.45) is 5.92 Å². The summed E-state index contributed by atoms with van der Waals surface area (Å²) in [6.45, 7) is 12.8. The van der Waals surface area contributed by atoms with Crippen molar-refractivity contribution in [2.45, 2.75) is 72.6 Å². The second-order valence-corrected chi connectivity index (χ2v) is 6.88. The molecule has 2 aliphatic rings. The van der Waals surface area contributed by atoms with Gasteiger partial charge in [0.2, 0.25) is 0 Å². The summed E-state index contributed by atoms with van der Waals surface area (Å²) in [4.78, 5) is 0. The van der Waals surface area contributed by atoms with Crippen molar-refractivity contribution in [1.29, 1.82) is 0 Å². The Bertz CT molecular complexity index is 601. The summed E-state index contributed by atoms with van der Waals surface area (Å²) in [5, 5.41) is 8.55. The molecule has 0 saturated heterocycles. The van der Waals surface area contributed by atoms with Gasteiger partial charge < -0.3 is 0 Å². The molecule has 4 rings (SSSR count). The minimum absolute atomic E-state index is 0.588. The summed E-state index contributed by atoms with van der Waals surface area (Å²) in [6, 6.07) is 2.32. The number of benzene rings is 1. The van der Waals surface area contributed by atoms with E-state index in [9.17, 15) is 0 Å². The number of hydrogen-bond donors (Lipinski definition) is 1. The van der Waals surface area contributed by atoms with Crippen LogP contribution < -0.4 is 0 Å². The van der Waals surface area contributed by atoms with Crippen molar-refractivity contribution >= 4 is 10.9 Å². The summed E-state index contributed by atoms with van der Waals surface area (Å²) in [6.07, 6.45) is 7.43. The standard InChI is InChI=1S/C13H14N2.C4H10.C2H6/c1-8-10-7-14-15-11(10)6-9-2-3-13(4-5-13)12(8)9;1-4(2)3;1-2/h6-7H,2-5H2,1H3,(H,14,15);4H,1-3H3;1-2H3. The molecule has 1 saturated carbocycles. The maximum absolute atomic E-state index is 4.15. The van der Waals surface area contributed by atoms with Crippen LogP contribution in [-0.2, 0) is 11.8 Å². The number of nitrogens with zero attached hydrogens (tertiary/aromatic N) is 1. The van der Waals surface area contributed by atoms with Crippen molar-refractivity contribution in [3.05, 3.63) is 29.0 Å². The van der Waals surface area contributed by atoms with Crippen LogP contribution in [0, 0.1) is 12.8 Å². The predicted molar refractivity (Wildman–Crippen MR) is 91.9 cm³/mol. The smallest absolute Gasteiger partial charge is 0.0655 e. The lowest BCUT2D eigenvalue weighted by atomic mass is 9.92. The molecule has 0 atom stereocenters. The molecule has 1 aromatic carbocycles. The van der Waals surface area contributed by atoms with E-state index in [4.69, 9.17) is 0 Å². The van der Waals surface area contributed by atoms with Crippen molar-refractivity contribution < 1.29 is 0 Å². The molecule has 2 aromatic rings. The molecule has 0 amide bonds. The monoisotopic (exact) mass is 286 g/mol. The highest BCUT2D eigenvalue weighted by atomic mass is 15.1. The van der Waals surface area contributed by atoms with E-state index in [0.29, 0.717) is 5.41 Å². The van der Waals surface area contributed by atoms with E-state index < -0.39 is 0 Å². The molecule has 1 fully saturated rings. The lowest BCUT2D eigenvalue weighted by Gasteiger charge is -2.12. The average molecular weight is 286 g/mol. The van der Waals surface area contributed by atoms with Gasteiger partial charge in [0, 0.05) is 5.39 Å². The van der Waals surface area contributed by atoms with Crippen molar-refractivity contribution in [2.75, 3.05) is 0 Å². The van der Waals surface area contributed by atoms with E-state index in [1.165, 1.54) is 42.1 Å². The first kappa shape index (κ1) is 16.1. The maximum Gasteiger partial charge on any atom is 0.0655 e. The number of hydrogen-bond acceptors (Lipinski definition) is 1. The zero-order valence-corrected chi connectivity index (χ0v) is 14.5. The molecule has 0 aliphatic heterocycles. The summed E-state index contributed by atoms with van der Waals surface area (Å²) < 4.78 is 0. The van der Waals surface area contributed by atoms with Crippen LogP contribution >= 0.6 is 0 Å². The van der Waals surface area contributed by atoms with E-state index in [-0.39, 0.29) is 0 Å². The number of nitrogens with one attached hydrogen (secondary N) is 1. The van der Waals surface area contributed by atoms with E-state index >= 15 is 0 Å². The molecular weight excluding hydrogens is 256 g/mol. The van der Waals surface area contributed by atoms with Gasteiger partial charge in [0.1, 0.15) is 0 Å². The molecule has 2 aliphatic carbocycles. The van der Waals surface area contributed by atoms with Crippen molar-refractivity contribution in [3.63, 3.8) is 0 Å². The number of fused-ring (bicyclic) bond motifs is 3. The summed E-state index contributed by atoms with van der Waals surface area (Å²) in [5.41, 5.74) is 6.51. The molecule has 2 heteroatoms. The summed E-state index contributed by atoms with van der Waals surface area (Å²) in [7, 11) is 0. The minimum atomic E-state index is 0.588. The number of aromatic nitrogens is 2. The summed E-state index contributed by atoms with van der Waals surface area (Å²) in [5.74, 6) is 0.833. The molecule has 0 bridgehead atoms. The van der Waals surface area contributed by atoms with Crippen LogP contribution in [0.25, 0.3) is 10.9 Å². The Hall–Kier alpha value is -1.31. The maximum atomic E-state index is 4.15.